The van der Waals surface area contributed by atoms with Crippen LogP contribution in [0.25, 0.3) is 0 Å². The number of aromatic amines is 1. The SMILES string of the molecule is CC(C)N1CCN(Cc2cc3n(n2)CCN(C(=O)c2ncn[nH]2)C3)C[C@@H]1C. The average molecular weight is 372 g/mol. The molecule has 1 saturated heterocycles. The molecule has 0 bridgehead atoms. The van der Waals surface area contributed by atoms with Crippen LogP contribution in [0.3, 0.4) is 0 Å². The quantitative estimate of drug-likeness (QED) is 0.845. The van der Waals surface area contributed by atoms with Gasteiger partial charge in [-0.1, -0.05) is 0 Å². The molecule has 1 fully saturated rings. The standard InChI is InChI=1S/C18H28N8O/c1-13(2)25-6-4-23(9-14(25)3)10-15-8-16-11-24(5-7-26(16)22-15)18(27)17-19-12-20-21-17/h8,12-14H,4-7,9-11H2,1-3H3,(H,19,20,21)/t14-/m0/s1. The molecule has 27 heavy (non-hydrogen) atoms. The smallest absolute Gasteiger partial charge is 0.291 e. The van der Waals surface area contributed by atoms with Crippen LogP contribution in [0.1, 0.15) is 42.8 Å². The van der Waals surface area contributed by atoms with Crippen molar-refractivity contribution in [2.45, 2.75) is 52.5 Å². The molecule has 0 unspecified atom stereocenters. The average Bonchev–Trinajstić information content (AvgIpc) is 3.29. The van der Waals surface area contributed by atoms with Crippen molar-refractivity contribution in [2.24, 2.45) is 0 Å². The number of carbonyl (C=O) groups is 1. The highest BCUT2D eigenvalue weighted by Gasteiger charge is 2.28. The van der Waals surface area contributed by atoms with Crippen molar-refractivity contribution >= 4 is 5.91 Å². The first-order valence-corrected chi connectivity index (χ1v) is 9.69. The van der Waals surface area contributed by atoms with Gasteiger partial charge in [0.2, 0.25) is 5.82 Å². The number of hydrogen-bond donors (Lipinski definition) is 1. The van der Waals surface area contributed by atoms with E-state index in [1.165, 1.54) is 6.33 Å². The van der Waals surface area contributed by atoms with E-state index in [-0.39, 0.29) is 5.91 Å². The lowest BCUT2D eigenvalue weighted by Crippen LogP contribution is -2.53. The molecule has 9 nitrogen and oxygen atoms in total. The summed E-state index contributed by atoms with van der Waals surface area (Å²) in [6.45, 7) is 12.9. The van der Waals surface area contributed by atoms with Crippen molar-refractivity contribution in [3.63, 3.8) is 0 Å². The van der Waals surface area contributed by atoms with Gasteiger partial charge in [0.05, 0.1) is 24.5 Å². The summed E-state index contributed by atoms with van der Waals surface area (Å²) in [5, 5.41) is 11.2. The van der Waals surface area contributed by atoms with Gasteiger partial charge in [-0.2, -0.15) is 10.2 Å². The topological polar surface area (TPSA) is 86.2 Å². The van der Waals surface area contributed by atoms with Crippen LogP contribution in [0.5, 0.6) is 0 Å². The maximum atomic E-state index is 12.5. The first-order valence-electron chi connectivity index (χ1n) is 9.69. The molecule has 146 valence electrons. The van der Waals surface area contributed by atoms with E-state index in [1.54, 1.807) is 4.90 Å². The fourth-order valence-corrected chi connectivity index (χ4v) is 4.22. The van der Waals surface area contributed by atoms with Crippen LogP contribution in [0.2, 0.25) is 0 Å². The largest absolute Gasteiger partial charge is 0.328 e. The zero-order valence-corrected chi connectivity index (χ0v) is 16.3. The van der Waals surface area contributed by atoms with Crippen LogP contribution in [-0.2, 0) is 19.6 Å². The lowest BCUT2D eigenvalue weighted by Gasteiger charge is -2.41. The maximum absolute atomic E-state index is 12.5. The van der Waals surface area contributed by atoms with Gasteiger partial charge in [-0.15, -0.1) is 0 Å². The van der Waals surface area contributed by atoms with Crippen molar-refractivity contribution in [3.8, 4) is 0 Å². The van der Waals surface area contributed by atoms with Gasteiger partial charge in [0, 0.05) is 44.8 Å². The number of amides is 1. The Morgan fingerprint density at radius 2 is 2.15 bits per heavy atom. The van der Waals surface area contributed by atoms with E-state index in [0.717, 1.165) is 37.6 Å². The second-order valence-electron chi connectivity index (χ2n) is 7.83. The summed E-state index contributed by atoms with van der Waals surface area (Å²) >= 11 is 0. The summed E-state index contributed by atoms with van der Waals surface area (Å²) in [4.78, 5) is 23.3. The Balaban J connectivity index is 1.38. The monoisotopic (exact) mass is 372 g/mol. The third kappa shape index (κ3) is 3.74. The van der Waals surface area contributed by atoms with E-state index in [0.29, 0.717) is 37.5 Å². The summed E-state index contributed by atoms with van der Waals surface area (Å²) in [5.41, 5.74) is 2.17. The summed E-state index contributed by atoms with van der Waals surface area (Å²) in [5.74, 6) is 0.181. The molecule has 0 radical (unpaired) electrons. The van der Waals surface area contributed by atoms with Crippen LogP contribution >= 0.6 is 0 Å². The Kier molecular flexibility index (Phi) is 4.96. The molecule has 1 N–H and O–H groups in total. The van der Waals surface area contributed by atoms with Crippen molar-refractivity contribution < 1.29 is 4.79 Å². The molecule has 0 spiro atoms. The molecule has 0 saturated carbocycles. The van der Waals surface area contributed by atoms with E-state index in [4.69, 9.17) is 5.10 Å². The second kappa shape index (κ2) is 7.40. The highest BCUT2D eigenvalue weighted by Crippen LogP contribution is 2.18. The van der Waals surface area contributed by atoms with Gasteiger partial charge in [-0.25, -0.2) is 4.98 Å². The number of carbonyl (C=O) groups excluding carboxylic acids is 1. The number of rotatable bonds is 4. The fourth-order valence-electron chi connectivity index (χ4n) is 4.22. The molecule has 2 aromatic rings. The van der Waals surface area contributed by atoms with Gasteiger partial charge >= 0.3 is 0 Å². The molecule has 1 amide bonds. The van der Waals surface area contributed by atoms with E-state index in [9.17, 15) is 4.79 Å². The molecule has 4 heterocycles. The normalized spacial score (nSPS) is 21.6. The van der Waals surface area contributed by atoms with Crippen molar-refractivity contribution in [2.75, 3.05) is 26.2 Å². The summed E-state index contributed by atoms with van der Waals surface area (Å²) < 4.78 is 2.04. The maximum Gasteiger partial charge on any atom is 0.291 e. The van der Waals surface area contributed by atoms with Gasteiger partial charge in [0.25, 0.3) is 5.91 Å². The van der Waals surface area contributed by atoms with Crippen LogP contribution in [0.15, 0.2) is 12.4 Å². The Hall–Kier alpha value is -2.26. The minimum Gasteiger partial charge on any atom is -0.328 e. The predicted molar refractivity (Wildman–Crippen MR) is 99.9 cm³/mol. The van der Waals surface area contributed by atoms with E-state index >= 15 is 0 Å². The highest BCUT2D eigenvalue weighted by molar-refractivity contribution is 5.90. The summed E-state index contributed by atoms with van der Waals surface area (Å²) in [6, 6.07) is 3.29. The highest BCUT2D eigenvalue weighted by atomic mass is 16.2. The van der Waals surface area contributed by atoms with Crippen molar-refractivity contribution in [1.82, 2.24) is 39.7 Å². The number of H-pyrrole nitrogens is 1. The number of piperazine rings is 1. The van der Waals surface area contributed by atoms with Gasteiger partial charge in [0.1, 0.15) is 6.33 Å². The minimum absolute atomic E-state index is 0.111. The molecule has 4 rings (SSSR count). The molecular formula is C18H28N8O. The molecule has 1 atom stereocenters. The van der Waals surface area contributed by atoms with Crippen molar-refractivity contribution in [1.29, 1.82) is 0 Å². The Morgan fingerprint density at radius 3 is 2.85 bits per heavy atom. The van der Waals surface area contributed by atoms with E-state index < -0.39 is 0 Å². The minimum atomic E-state index is -0.111. The van der Waals surface area contributed by atoms with Gasteiger partial charge < -0.3 is 4.90 Å². The molecule has 2 aromatic heterocycles. The Labute approximate surface area is 159 Å². The number of nitrogens with one attached hydrogen (secondary N) is 1. The third-order valence-electron chi connectivity index (χ3n) is 5.57. The third-order valence-corrected chi connectivity index (χ3v) is 5.57. The molecule has 2 aliphatic heterocycles. The molecule has 0 aliphatic carbocycles. The van der Waals surface area contributed by atoms with E-state index in [1.807, 2.05) is 4.68 Å². The Bertz CT molecular complexity index is 783. The molecular weight excluding hydrogens is 344 g/mol. The zero-order chi connectivity index (χ0) is 19.0. The summed E-state index contributed by atoms with van der Waals surface area (Å²) in [6.07, 6.45) is 1.36. The van der Waals surface area contributed by atoms with Crippen molar-refractivity contribution in [3.05, 3.63) is 29.6 Å². The molecule has 0 aromatic carbocycles. The van der Waals surface area contributed by atoms with Crippen LogP contribution < -0.4 is 0 Å². The second-order valence-corrected chi connectivity index (χ2v) is 7.83. The van der Waals surface area contributed by atoms with Crippen LogP contribution in [0.4, 0.5) is 0 Å². The van der Waals surface area contributed by atoms with E-state index in [2.05, 4.69) is 51.8 Å². The molecule has 9 heteroatoms. The summed E-state index contributed by atoms with van der Waals surface area (Å²) in [7, 11) is 0. The van der Waals surface area contributed by atoms with Crippen LogP contribution in [0, 0.1) is 0 Å². The fraction of sp³-hybridized carbons (Fsp3) is 0.667. The van der Waals surface area contributed by atoms with Gasteiger partial charge in [-0.05, 0) is 26.8 Å². The number of fused-ring (bicyclic) bond motifs is 1. The van der Waals surface area contributed by atoms with Crippen LogP contribution in [-0.4, -0.2) is 83.8 Å². The number of nitrogens with zero attached hydrogens (tertiary/aromatic N) is 7. The van der Waals surface area contributed by atoms with Gasteiger partial charge in [0.15, 0.2) is 0 Å². The first kappa shape index (κ1) is 18.1. The number of aromatic nitrogens is 5. The first-order chi connectivity index (χ1) is 13.0. The Morgan fingerprint density at radius 1 is 1.30 bits per heavy atom. The number of hydrogen-bond acceptors (Lipinski definition) is 6. The lowest BCUT2D eigenvalue weighted by atomic mass is 10.1. The zero-order valence-electron chi connectivity index (χ0n) is 16.3. The van der Waals surface area contributed by atoms with Gasteiger partial charge in [-0.3, -0.25) is 24.4 Å². The molecule has 2 aliphatic rings. The predicted octanol–water partition coefficient (Wildman–Crippen LogP) is 0.572. The lowest BCUT2D eigenvalue weighted by molar-refractivity contribution is 0.0557.